The van der Waals surface area contributed by atoms with Crippen LogP contribution in [0.25, 0.3) is 21.5 Å². The number of likely N-dealkylation sites (tertiary alicyclic amines) is 1. The number of likely N-dealkylation sites (N-methyl/N-ethyl adjacent to an activating group) is 1. The lowest BCUT2D eigenvalue weighted by molar-refractivity contribution is -0.138. The number of nitrogens with zero attached hydrogens (tertiary/aromatic N) is 1. The molecule has 1 saturated heterocycles. The van der Waals surface area contributed by atoms with Gasteiger partial charge >= 0.3 is 11.9 Å². The molecule has 0 amide bonds. The van der Waals surface area contributed by atoms with Crippen molar-refractivity contribution in [2.24, 2.45) is 5.92 Å². The van der Waals surface area contributed by atoms with E-state index >= 15 is 0 Å². The van der Waals surface area contributed by atoms with Gasteiger partial charge in [0.15, 0.2) is 23.4 Å². The minimum Gasteiger partial charge on any atom is -0.507 e. The molecule has 2 aliphatic carbocycles. The van der Waals surface area contributed by atoms with Gasteiger partial charge in [-0.2, -0.15) is 0 Å². The number of ketones is 2. The molecule has 0 radical (unpaired) electrons. The normalized spacial score (nSPS) is 21.9. The van der Waals surface area contributed by atoms with Crippen LogP contribution in [0, 0.1) is 5.92 Å². The summed E-state index contributed by atoms with van der Waals surface area (Å²) in [6.07, 6.45) is 3.14. The van der Waals surface area contributed by atoms with Gasteiger partial charge in [0.2, 0.25) is 0 Å². The van der Waals surface area contributed by atoms with E-state index in [1.54, 1.807) is 54.6 Å². The van der Waals surface area contributed by atoms with Crippen molar-refractivity contribution in [2.45, 2.75) is 63.5 Å². The van der Waals surface area contributed by atoms with E-state index in [1.165, 1.54) is 31.5 Å². The van der Waals surface area contributed by atoms with Crippen LogP contribution in [0.4, 0.5) is 0 Å². The Kier molecular flexibility index (Phi) is 9.31. The van der Waals surface area contributed by atoms with E-state index in [0.717, 1.165) is 31.4 Å². The van der Waals surface area contributed by atoms with Crippen LogP contribution in [0.2, 0.25) is 0 Å². The van der Waals surface area contributed by atoms with Crippen LogP contribution in [0.15, 0.2) is 72.8 Å². The molecule has 2 aliphatic heterocycles. The molecule has 1 spiro atoms. The Morgan fingerprint density at radius 3 is 1.91 bits per heavy atom. The van der Waals surface area contributed by atoms with Gasteiger partial charge in [-0.15, -0.1) is 0 Å². The molecule has 11 nitrogen and oxygen atoms in total. The Bertz CT molecular complexity index is 2280. The lowest BCUT2D eigenvalue weighted by atomic mass is 9.52. The zero-order valence-electron chi connectivity index (χ0n) is 30.1. The molecule has 2 fully saturated rings. The van der Waals surface area contributed by atoms with Gasteiger partial charge in [-0.1, -0.05) is 54.6 Å². The van der Waals surface area contributed by atoms with Crippen molar-refractivity contribution in [2.75, 3.05) is 13.6 Å². The van der Waals surface area contributed by atoms with Crippen molar-refractivity contribution in [3.05, 3.63) is 106 Å². The van der Waals surface area contributed by atoms with Crippen LogP contribution in [0.3, 0.4) is 0 Å². The maximum Gasteiger partial charge on any atom is 0.339 e. The third-order valence-corrected chi connectivity index (χ3v) is 11.5. The zero-order chi connectivity index (χ0) is 38.6. The number of fused-ring (bicyclic) bond motifs is 2. The summed E-state index contributed by atoms with van der Waals surface area (Å²) in [5.41, 5.74) is 2.37. The highest BCUT2D eigenvalue weighted by molar-refractivity contribution is 6.02. The number of benzene rings is 5. The number of aromatic carboxylic acids is 2. The van der Waals surface area contributed by atoms with Gasteiger partial charge in [0.1, 0.15) is 28.4 Å². The number of phenols is 3. The Labute approximate surface area is 311 Å². The Morgan fingerprint density at radius 1 is 0.833 bits per heavy atom. The third kappa shape index (κ3) is 5.89. The molecule has 5 N–H and O–H groups in total. The Hall–Kier alpha value is -5.94. The number of hydrogen-bond acceptors (Lipinski definition) is 9. The predicted octanol–water partition coefficient (Wildman–Crippen LogP) is 6.62. The molecule has 2 heterocycles. The Morgan fingerprint density at radius 2 is 1.37 bits per heavy atom. The number of piperidine rings is 1. The van der Waals surface area contributed by atoms with Gasteiger partial charge in [0.05, 0.1) is 0 Å². The molecule has 0 unspecified atom stereocenters. The summed E-state index contributed by atoms with van der Waals surface area (Å²) in [6.45, 7) is 4.06. The fourth-order valence-corrected chi connectivity index (χ4v) is 9.20. The number of carboxylic acid groups (broad SMARTS) is 2. The topological polar surface area (TPSA) is 182 Å². The zero-order valence-corrected chi connectivity index (χ0v) is 30.1. The van der Waals surface area contributed by atoms with E-state index in [4.69, 9.17) is 4.74 Å². The van der Waals surface area contributed by atoms with Gasteiger partial charge in [-0.05, 0) is 97.9 Å². The number of hydrogen-bond donors (Lipinski definition) is 5. The molecule has 4 aliphatic rings. The van der Waals surface area contributed by atoms with Crippen LogP contribution in [-0.2, 0) is 27.8 Å². The van der Waals surface area contributed by atoms with E-state index < -0.39 is 23.4 Å². The minimum atomic E-state index is -1.28. The van der Waals surface area contributed by atoms with Crippen LogP contribution >= 0.6 is 0 Å². The standard InChI is InChI=1S/C23H16O6.C17H19NO3.C3H6O/c24-20-16(14-7-3-1-5-12(14)9-18(20)22(26)27)11-17-15-8-4-2-6-13(15)10-19(21(17)25)23(28)29;1-18-7-6-17-10-3-5-13(20)16(17)21-15-12(19)4-2-9(14(15)17)8-11(10)18;1-3(2)4/h1-10,24-25H,11H2,(H,26,27)(H,28,29);2,4,10-11,16,19H,3,5-8H2,1H3;1-2H3/t;10-,11+,16-,17-;/m.0./s1. The molecule has 9 rings (SSSR count). The second-order valence-corrected chi connectivity index (χ2v) is 14.7. The van der Waals surface area contributed by atoms with Gasteiger partial charge < -0.3 is 40.0 Å². The molecule has 54 heavy (non-hydrogen) atoms. The molecule has 0 aromatic heterocycles. The minimum absolute atomic E-state index is 0.0407. The van der Waals surface area contributed by atoms with Gasteiger partial charge in [0, 0.05) is 41.0 Å². The van der Waals surface area contributed by atoms with Gasteiger partial charge in [-0.25, -0.2) is 9.59 Å². The monoisotopic (exact) mass is 731 g/mol. The van der Waals surface area contributed by atoms with E-state index in [2.05, 4.69) is 11.9 Å². The van der Waals surface area contributed by atoms with Crippen molar-refractivity contribution < 1.29 is 49.4 Å². The van der Waals surface area contributed by atoms with Crippen molar-refractivity contribution in [1.29, 1.82) is 0 Å². The van der Waals surface area contributed by atoms with Crippen LogP contribution in [0.5, 0.6) is 23.0 Å². The molecule has 1 saturated carbocycles. The first-order chi connectivity index (χ1) is 25.7. The molecule has 11 heteroatoms. The molecule has 4 atom stereocenters. The summed E-state index contributed by atoms with van der Waals surface area (Å²) in [5, 5.41) is 53.0. The molecule has 2 bridgehead atoms. The summed E-state index contributed by atoms with van der Waals surface area (Å²) in [6, 6.07) is 21.0. The number of carbonyl (C=O) groups excluding carboxylic acids is 2. The summed E-state index contributed by atoms with van der Waals surface area (Å²) in [7, 11) is 2.20. The third-order valence-electron chi connectivity index (χ3n) is 11.5. The molecular weight excluding hydrogens is 690 g/mol. The second kappa shape index (κ2) is 13.8. The van der Waals surface area contributed by atoms with Crippen molar-refractivity contribution in [3.63, 3.8) is 0 Å². The number of aromatic hydroxyl groups is 3. The Balaban J connectivity index is 0.000000157. The quantitative estimate of drug-likeness (QED) is 0.134. The highest BCUT2D eigenvalue weighted by Crippen LogP contribution is 2.63. The summed E-state index contributed by atoms with van der Waals surface area (Å²) in [4.78, 5) is 47.6. The fourth-order valence-electron chi connectivity index (χ4n) is 9.20. The van der Waals surface area contributed by atoms with E-state index in [1.807, 2.05) is 6.07 Å². The molecule has 278 valence electrons. The van der Waals surface area contributed by atoms with E-state index in [0.29, 0.717) is 56.8 Å². The summed E-state index contributed by atoms with van der Waals surface area (Å²) >= 11 is 0. The van der Waals surface area contributed by atoms with Gasteiger partial charge in [-0.3, -0.25) is 4.79 Å². The second-order valence-electron chi connectivity index (χ2n) is 14.7. The first-order valence-electron chi connectivity index (χ1n) is 17.9. The summed E-state index contributed by atoms with van der Waals surface area (Å²) < 4.78 is 6.04. The number of carbonyl (C=O) groups is 4. The lowest BCUT2D eigenvalue weighted by Crippen LogP contribution is -2.65. The van der Waals surface area contributed by atoms with E-state index in [9.17, 15) is 44.7 Å². The largest absolute Gasteiger partial charge is 0.507 e. The van der Waals surface area contributed by atoms with Crippen LogP contribution < -0.4 is 4.74 Å². The smallest absolute Gasteiger partial charge is 0.339 e. The number of Topliss-reactive ketones (excluding diaryl/α,β-unsaturated/α-hetero) is 2. The molecular formula is C43H41NO10. The number of phenolic OH excluding ortho intramolecular Hbond substituents is 1. The lowest BCUT2D eigenvalue weighted by Gasteiger charge is -2.57. The van der Waals surface area contributed by atoms with Crippen molar-refractivity contribution >= 4 is 45.0 Å². The number of ether oxygens (including phenoxy) is 1. The fraction of sp³-hybridized carbons (Fsp3) is 0.302. The van der Waals surface area contributed by atoms with Crippen molar-refractivity contribution in [1.82, 2.24) is 4.90 Å². The maximum absolute atomic E-state index is 12.5. The van der Waals surface area contributed by atoms with Crippen LogP contribution in [0.1, 0.15) is 76.1 Å². The first kappa shape index (κ1) is 36.4. The maximum atomic E-state index is 12.5. The highest BCUT2D eigenvalue weighted by Gasteiger charge is 2.65. The average molecular weight is 732 g/mol. The van der Waals surface area contributed by atoms with Crippen molar-refractivity contribution in [3.8, 4) is 23.0 Å². The van der Waals surface area contributed by atoms with Gasteiger partial charge in [0.25, 0.3) is 0 Å². The summed E-state index contributed by atoms with van der Waals surface area (Å²) in [5.74, 6) is -1.69. The predicted molar refractivity (Wildman–Crippen MR) is 201 cm³/mol. The molecule has 5 aromatic carbocycles. The van der Waals surface area contributed by atoms with Crippen LogP contribution in [-0.4, -0.2) is 79.7 Å². The SMILES string of the molecule is CC(C)=O.CN1CC[C@]23c4c5ccc(O)c4O[C@H]2C(=O)CC[C@H]3[C@H]1C5.O=C(O)c1cc2ccccc2c(Cc2c(O)c(C(=O)O)cc3ccccc23)c1O. The molecule has 5 aromatic rings. The highest BCUT2D eigenvalue weighted by atomic mass is 16.5. The number of carboxylic acids is 2. The number of rotatable bonds is 4. The first-order valence-corrected chi connectivity index (χ1v) is 17.9. The average Bonchev–Trinajstić information content (AvgIpc) is 3.50. The van der Waals surface area contributed by atoms with E-state index in [-0.39, 0.29) is 46.4 Å².